The van der Waals surface area contributed by atoms with Gasteiger partial charge in [-0.1, -0.05) is 47.7 Å². The number of anilines is 3. The van der Waals surface area contributed by atoms with Crippen LogP contribution < -0.4 is 25.0 Å². The summed E-state index contributed by atoms with van der Waals surface area (Å²) in [5, 5.41) is 18.7. The number of nitrogens with one attached hydrogen (secondary N) is 3. The van der Waals surface area contributed by atoms with Crippen LogP contribution in [0.1, 0.15) is 38.4 Å². The standard InChI is InChI=1S/C40H39N9O7S2/c1-47(2)21-19-27(25-56-28-10-4-3-5-11-28)42-32-17-16-29(23-35(32)49(52)53)58(54,55)46-38(51)33-13-7-15-36(43-33)48-22-18-26-9-6-12-30(31(26)24-48)37(50)45-40-44-34-14-8-20-41-39(34)57-40/h3-17,20,23,27,42H,18-19,21-22,24-25H2,1-2H3,(H,46,51)(H,44,45,50)/t27-/m1/s1. The molecule has 0 unspecified atom stereocenters. The number of pyridine rings is 2. The zero-order chi connectivity index (χ0) is 40.8. The zero-order valence-electron chi connectivity index (χ0n) is 31.5. The minimum atomic E-state index is -4.57. The van der Waals surface area contributed by atoms with Gasteiger partial charge in [0.25, 0.3) is 27.5 Å². The van der Waals surface area contributed by atoms with Gasteiger partial charge in [0.1, 0.15) is 39.9 Å². The molecule has 3 N–H and O–H groups in total. The van der Waals surface area contributed by atoms with Crippen molar-refractivity contribution >= 4 is 65.8 Å². The second kappa shape index (κ2) is 17.3. The van der Waals surface area contributed by atoms with E-state index < -0.39 is 31.4 Å². The van der Waals surface area contributed by atoms with Crippen molar-refractivity contribution in [3.05, 3.63) is 136 Å². The summed E-state index contributed by atoms with van der Waals surface area (Å²) < 4.78 is 34.9. The van der Waals surface area contributed by atoms with E-state index in [0.29, 0.717) is 65.1 Å². The highest BCUT2D eigenvalue weighted by atomic mass is 32.2. The number of fused-ring (bicyclic) bond motifs is 2. The largest absolute Gasteiger partial charge is 0.491 e. The first-order chi connectivity index (χ1) is 27.9. The highest BCUT2D eigenvalue weighted by Crippen LogP contribution is 2.31. The lowest BCUT2D eigenvalue weighted by atomic mass is 9.94. The first-order valence-electron chi connectivity index (χ1n) is 18.2. The smallest absolute Gasteiger partial charge is 0.293 e. The SMILES string of the molecule is CN(C)CC[C@H](COc1ccccc1)Nc1ccc(S(=O)(=O)NC(=O)c2cccc(N3CCc4cccc(C(=O)Nc5nc6cccnc6s5)c4C3)n2)cc1[N+](=O)[O-]. The van der Waals surface area contributed by atoms with Crippen LogP contribution in [0.4, 0.5) is 22.3 Å². The summed E-state index contributed by atoms with van der Waals surface area (Å²) in [6.45, 7) is 1.68. The summed E-state index contributed by atoms with van der Waals surface area (Å²) in [6, 6.07) is 26.0. The quantitative estimate of drug-likeness (QED) is 0.0837. The molecule has 0 bridgehead atoms. The number of sulfonamides is 1. The number of aromatic nitrogens is 3. The van der Waals surface area contributed by atoms with Crippen molar-refractivity contribution in [1.29, 1.82) is 0 Å². The molecule has 7 rings (SSSR count). The number of carbonyl (C=O) groups is 2. The Balaban J connectivity index is 1.04. The number of rotatable bonds is 15. The van der Waals surface area contributed by atoms with E-state index in [0.717, 1.165) is 17.2 Å². The van der Waals surface area contributed by atoms with Crippen molar-refractivity contribution in [2.75, 3.05) is 49.3 Å². The van der Waals surface area contributed by atoms with Crippen LogP contribution in [0.3, 0.4) is 0 Å². The van der Waals surface area contributed by atoms with E-state index in [1.54, 1.807) is 42.6 Å². The first-order valence-corrected chi connectivity index (χ1v) is 20.5. The van der Waals surface area contributed by atoms with Crippen LogP contribution in [0.5, 0.6) is 5.75 Å². The lowest BCUT2D eigenvalue weighted by molar-refractivity contribution is -0.384. The van der Waals surface area contributed by atoms with Gasteiger partial charge >= 0.3 is 0 Å². The third kappa shape index (κ3) is 9.37. The number of ether oxygens (including phenoxy) is 1. The lowest BCUT2D eigenvalue weighted by Gasteiger charge is -2.31. The molecule has 4 heterocycles. The topological polar surface area (TPSA) is 202 Å². The van der Waals surface area contributed by atoms with Crippen molar-refractivity contribution in [2.24, 2.45) is 0 Å². The predicted molar refractivity (Wildman–Crippen MR) is 221 cm³/mol. The molecule has 16 nitrogen and oxygen atoms in total. The molecule has 58 heavy (non-hydrogen) atoms. The van der Waals surface area contributed by atoms with E-state index in [4.69, 9.17) is 4.74 Å². The number of nitro groups is 1. The fourth-order valence-electron chi connectivity index (χ4n) is 6.43. The fourth-order valence-corrected chi connectivity index (χ4v) is 8.22. The van der Waals surface area contributed by atoms with Gasteiger partial charge in [-0.3, -0.25) is 25.0 Å². The second-order valence-corrected chi connectivity index (χ2v) is 16.4. The van der Waals surface area contributed by atoms with Gasteiger partial charge in [-0.25, -0.2) is 28.1 Å². The molecule has 0 saturated heterocycles. The molecule has 0 spiro atoms. The number of thiazole rings is 1. The Morgan fingerprint density at radius 1 is 0.983 bits per heavy atom. The molecule has 3 aromatic carbocycles. The van der Waals surface area contributed by atoms with Gasteiger partial charge in [-0.15, -0.1) is 0 Å². The Morgan fingerprint density at radius 2 is 1.79 bits per heavy atom. The van der Waals surface area contributed by atoms with E-state index in [9.17, 15) is 28.1 Å². The average molecular weight is 822 g/mol. The van der Waals surface area contributed by atoms with Crippen molar-refractivity contribution in [3.8, 4) is 5.75 Å². The maximum absolute atomic E-state index is 13.5. The summed E-state index contributed by atoms with van der Waals surface area (Å²) in [7, 11) is -0.754. The molecule has 18 heteroatoms. The Kier molecular flexibility index (Phi) is 11.9. The van der Waals surface area contributed by atoms with Crippen molar-refractivity contribution < 1.29 is 27.7 Å². The van der Waals surface area contributed by atoms with E-state index in [-0.39, 0.29) is 29.9 Å². The summed E-state index contributed by atoms with van der Waals surface area (Å²) in [5.41, 5.74) is 2.37. The first kappa shape index (κ1) is 39.7. The molecule has 1 atom stereocenters. The van der Waals surface area contributed by atoms with Crippen LogP contribution in [-0.2, 0) is 23.0 Å². The highest BCUT2D eigenvalue weighted by molar-refractivity contribution is 7.90. The number of hydrogen-bond donors (Lipinski definition) is 3. The molecular weight excluding hydrogens is 783 g/mol. The molecule has 0 radical (unpaired) electrons. The van der Waals surface area contributed by atoms with E-state index in [2.05, 4.69) is 25.6 Å². The summed E-state index contributed by atoms with van der Waals surface area (Å²) in [5.74, 6) is -0.305. The molecule has 0 fully saturated rings. The number of benzene rings is 3. The zero-order valence-corrected chi connectivity index (χ0v) is 33.1. The fraction of sp³-hybridized carbons (Fsp3) is 0.225. The third-order valence-electron chi connectivity index (χ3n) is 9.38. The van der Waals surface area contributed by atoms with Gasteiger partial charge in [0.05, 0.1) is 15.9 Å². The third-order valence-corrected chi connectivity index (χ3v) is 11.6. The number of amides is 2. The Labute approximate surface area is 338 Å². The molecule has 0 aliphatic carbocycles. The maximum atomic E-state index is 13.5. The molecule has 1 aliphatic rings. The lowest BCUT2D eigenvalue weighted by Crippen LogP contribution is -2.34. The average Bonchev–Trinajstić information content (AvgIpc) is 3.64. The van der Waals surface area contributed by atoms with Gasteiger partial charge < -0.3 is 19.9 Å². The van der Waals surface area contributed by atoms with Gasteiger partial charge in [-0.05, 0) is 99.2 Å². The monoisotopic (exact) mass is 821 g/mol. The Hall–Kier alpha value is -6.50. The molecule has 298 valence electrons. The summed E-state index contributed by atoms with van der Waals surface area (Å²) >= 11 is 1.28. The van der Waals surface area contributed by atoms with Crippen LogP contribution in [0, 0.1) is 10.1 Å². The summed E-state index contributed by atoms with van der Waals surface area (Å²) in [4.78, 5) is 55.8. The van der Waals surface area contributed by atoms with Crippen LogP contribution >= 0.6 is 11.3 Å². The molecule has 1 aliphatic heterocycles. The molecule has 3 aromatic heterocycles. The Bertz CT molecular complexity index is 2550. The number of nitrogens with zero attached hydrogens (tertiary/aromatic N) is 6. The van der Waals surface area contributed by atoms with Crippen molar-refractivity contribution in [3.63, 3.8) is 0 Å². The normalized spacial score (nSPS) is 13.1. The molecule has 2 amide bonds. The maximum Gasteiger partial charge on any atom is 0.293 e. The van der Waals surface area contributed by atoms with Crippen molar-refractivity contribution in [2.45, 2.75) is 30.3 Å². The van der Waals surface area contributed by atoms with Gasteiger partial charge in [0.2, 0.25) is 0 Å². The van der Waals surface area contributed by atoms with E-state index >= 15 is 0 Å². The highest BCUT2D eigenvalue weighted by Gasteiger charge is 2.27. The van der Waals surface area contributed by atoms with Gasteiger partial charge in [0.15, 0.2) is 5.13 Å². The van der Waals surface area contributed by atoms with Crippen LogP contribution in [-0.4, -0.2) is 84.8 Å². The van der Waals surface area contributed by atoms with Crippen LogP contribution in [0.2, 0.25) is 0 Å². The van der Waals surface area contributed by atoms with Crippen LogP contribution in [0.15, 0.2) is 108 Å². The minimum Gasteiger partial charge on any atom is -0.491 e. The number of nitro benzene ring substituents is 1. The minimum absolute atomic E-state index is 0.0999. The van der Waals surface area contributed by atoms with E-state index in [1.807, 2.05) is 65.0 Å². The Morgan fingerprint density at radius 3 is 2.57 bits per heavy atom. The number of carbonyl (C=O) groups excluding carboxylic acids is 2. The number of hydrogen-bond acceptors (Lipinski definition) is 14. The molecular formula is C40H39N9O7S2. The molecule has 6 aromatic rings. The number of para-hydroxylation sites is 1. The predicted octanol–water partition coefficient (Wildman–Crippen LogP) is 5.74. The van der Waals surface area contributed by atoms with Gasteiger partial charge in [0, 0.05) is 30.9 Å². The van der Waals surface area contributed by atoms with Gasteiger partial charge in [-0.2, -0.15) is 0 Å². The van der Waals surface area contributed by atoms with Crippen LogP contribution in [0.25, 0.3) is 10.3 Å². The van der Waals surface area contributed by atoms with E-state index in [1.165, 1.54) is 29.5 Å². The summed E-state index contributed by atoms with van der Waals surface area (Å²) in [6.07, 6.45) is 2.83. The molecule has 0 saturated carbocycles. The van der Waals surface area contributed by atoms with Crippen molar-refractivity contribution in [1.82, 2.24) is 24.6 Å². The second-order valence-electron chi connectivity index (χ2n) is 13.7.